The summed E-state index contributed by atoms with van der Waals surface area (Å²) in [5, 5.41) is 1.58. The van der Waals surface area contributed by atoms with Crippen LogP contribution in [0.3, 0.4) is 0 Å². The average Bonchev–Trinajstić information content (AvgIpc) is 3.73. The summed E-state index contributed by atoms with van der Waals surface area (Å²) in [6.07, 6.45) is 2.10. The first-order valence-electron chi connectivity index (χ1n) is 12.3. The van der Waals surface area contributed by atoms with Gasteiger partial charge in [0.2, 0.25) is 5.75 Å². The predicted octanol–water partition coefficient (Wildman–Crippen LogP) is 5.55. The molecule has 10 nitrogen and oxygen atoms in total. The molecular weight excluding hydrogens is 526 g/mol. The minimum Gasteiger partial charge on any atom is -0.494 e. The number of aromatic amines is 2. The quantitative estimate of drug-likeness (QED) is 0.235. The summed E-state index contributed by atoms with van der Waals surface area (Å²) in [7, 11) is 7.49. The van der Waals surface area contributed by atoms with Gasteiger partial charge in [-0.3, -0.25) is 4.79 Å². The van der Waals surface area contributed by atoms with Crippen molar-refractivity contribution in [1.29, 1.82) is 0 Å². The van der Waals surface area contributed by atoms with Crippen molar-refractivity contribution in [3.05, 3.63) is 41.2 Å². The van der Waals surface area contributed by atoms with Gasteiger partial charge < -0.3 is 38.6 Å². The van der Waals surface area contributed by atoms with Crippen LogP contribution in [0.25, 0.3) is 21.8 Å². The third-order valence-electron chi connectivity index (χ3n) is 6.36. The van der Waals surface area contributed by atoms with Crippen molar-refractivity contribution in [2.24, 2.45) is 0 Å². The molecule has 0 fully saturated rings. The van der Waals surface area contributed by atoms with E-state index in [1.165, 1.54) is 27.7 Å². The predicted molar refractivity (Wildman–Crippen MR) is 153 cm³/mol. The molecule has 3 heterocycles. The molecule has 1 aliphatic heterocycles. The standard InChI is InChI=1S/C25H25N3O7.C2H6.CH3Cl/c1-31-18-11-17-13(14-10-16(25(30)35-5)27-21(14)18)6-7-28(17)24(29)15-8-12-9-19(32-2)22(33-3)23(34-4)20(12)26-15;2*1-2/h8-11,26-27H,6-7H2,1-5H3;1-2H3;1H3. The Hall–Kier alpha value is -4.05. The Labute approximate surface area is 232 Å². The van der Waals surface area contributed by atoms with E-state index in [9.17, 15) is 9.59 Å². The fourth-order valence-corrected chi connectivity index (χ4v) is 4.75. The van der Waals surface area contributed by atoms with E-state index in [1.54, 1.807) is 37.3 Å². The van der Waals surface area contributed by atoms with Crippen LogP contribution in [0, 0.1) is 0 Å². The second-order valence-electron chi connectivity index (χ2n) is 8.04. The molecule has 2 N–H and O–H groups in total. The van der Waals surface area contributed by atoms with Crippen LogP contribution in [0.15, 0.2) is 24.3 Å². The van der Waals surface area contributed by atoms with Gasteiger partial charge in [0, 0.05) is 29.8 Å². The molecule has 0 aliphatic carbocycles. The van der Waals surface area contributed by atoms with Gasteiger partial charge in [-0.25, -0.2) is 4.79 Å². The van der Waals surface area contributed by atoms with E-state index in [0.29, 0.717) is 58.4 Å². The van der Waals surface area contributed by atoms with Crippen molar-refractivity contribution in [2.75, 3.05) is 53.4 Å². The zero-order chi connectivity index (χ0) is 28.9. The monoisotopic (exact) mass is 559 g/mol. The fraction of sp³-hybridized carbons (Fsp3) is 0.357. The van der Waals surface area contributed by atoms with E-state index in [2.05, 4.69) is 21.6 Å². The number of halogens is 1. The number of anilines is 1. The second-order valence-corrected chi connectivity index (χ2v) is 8.04. The van der Waals surface area contributed by atoms with Crippen molar-refractivity contribution >= 4 is 51.0 Å². The number of hydrogen-bond acceptors (Lipinski definition) is 7. The minimum atomic E-state index is -0.471. The molecule has 11 heteroatoms. The summed E-state index contributed by atoms with van der Waals surface area (Å²) in [5.41, 5.74) is 3.73. The Kier molecular flexibility index (Phi) is 9.58. The zero-order valence-corrected chi connectivity index (χ0v) is 24.2. The summed E-state index contributed by atoms with van der Waals surface area (Å²) in [5.74, 6) is 1.25. The number of benzene rings is 2. The highest BCUT2D eigenvalue weighted by Crippen LogP contribution is 2.44. The van der Waals surface area contributed by atoms with Crippen molar-refractivity contribution in [3.8, 4) is 23.0 Å². The van der Waals surface area contributed by atoms with E-state index in [1.807, 2.05) is 19.9 Å². The van der Waals surface area contributed by atoms with Crippen molar-refractivity contribution in [1.82, 2.24) is 9.97 Å². The maximum Gasteiger partial charge on any atom is 0.354 e. The lowest BCUT2D eigenvalue weighted by atomic mass is 10.1. The molecule has 210 valence electrons. The number of esters is 1. The molecule has 4 aromatic rings. The third kappa shape index (κ3) is 5.04. The van der Waals surface area contributed by atoms with Gasteiger partial charge in [0.25, 0.3) is 5.91 Å². The number of carbonyl (C=O) groups excluding carboxylic acids is 2. The molecule has 0 spiro atoms. The lowest BCUT2D eigenvalue weighted by Crippen LogP contribution is -2.29. The Morgan fingerprint density at radius 2 is 1.44 bits per heavy atom. The Morgan fingerprint density at radius 1 is 0.795 bits per heavy atom. The van der Waals surface area contributed by atoms with Crippen LogP contribution in [0.2, 0.25) is 0 Å². The van der Waals surface area contributed by atoms with Crippen LogP contribution in [0.4, 0.5) is 5.69 Å². The molecule has 0 atom stereocenters. The Balaban J connectivity index is 0.00000100. The largest absolute Gasteiger partial charge is 0.494 e. The smallest absolute Gasteiger partial charge is 0.354 e. The first-order valence-corrected chi connectivity index (χ1v) is 13.0. The maximum atomic E-state index is 13.7. The lowest BCUT2D eigenvalue weighted by Gasteiger charge is -2.17. The summed E-state index contributed by atoms with van der Waals surface area (Å²) >= 11 is 4.64. The number of nitrogens with one attached hydrogen (secondary N) is 2. The second kappa shape index (κ2) is 12.7. The summed E-state index contributed by atoms with van der Waals surface area (Å²) < 4.78 is 26.9. The van der Waals surface area contributed by atoms with Gasteiger partial charge in [0.15, 0.2) is 11.5 Å². The average molecular weight is 560 g/mol. The van der Waals surface area contributed by atoms with Crippen LogP contribution in [-0.4, -0.2) is 70.3 Å². The molecule has 0 saturated heterocycles. The van der Waals surface area contributed by atoms with Gasteiger partial charge >= 0.3 is 5.97 Å². The number of alkyl halides is 1. The van der Waals surface area contributed by atoms with Gasteiger partial charge in [0.05, 0.1) is 52.3 Å². The van der Waals surface area contributed by atoms with Gasteiger partial charge in [-0.1, -0.05) is 13.8 Å². The molecule has 39 heavy (non-hydrogen) atoms. The topological polar surface area (TPSA) is 115 Å². The number of fused-ring (bicyclic) bond motifs is 4. The van der Waals surface area contributed by atoms with E-state index in [4.69, 9.17) is 23.7 Å². The first-order chi connectivity index (χ1) is 18.9. The molecule has 2 aromatic heterocycles. The highest BCUT2D eigenvalue weighted by atomic mass is 35.5. The van der Waals surface area contributed by atoms with Crippen molar-refractivity contribution in [2.45, 2.75) is 20.3 Å². The van der Waals surface area contributed by atoms with Crippen molar-refractivity contribution < 1.29 is 33.3 Å². The summed E-state index contributed by atoms with van der Waals surface area (Å²) in [6.45, 7) is 4.48. The van der Waals surface area contributed by atoms with Crippen molar-refractivity contribution in [3.63, 3.8) is 0 Å². The first kappa shape index (κ1) is 29.5. The summed E-state index contributed by atoms with van der Waals surface area (Å²) in [6, 6.07) is 7.11. The normalized spacial score (nSPS) is 11.7. The molecule has 0 saturated carbocycles. The van der Waals surface area contributed by atoms with E-state index in [-0.39, 0.29) is 5.91 Å². The van der Waals surface area contributed by atoms with Gasteiger partial charge in [-0.05, 0) is 30.2 Å². The number of carbonyl (C=O) groups is 2. The molecule has 1 aliphatic rings. The molecule has 5 rings (SSSR count). The molecular formula is C28H34ClN3O7. The van der Waals surface area contributed by atoms with E-state index < -0.39 is 5.97 Å². The minimum absolute atomic E-state index is 0.204. The number of aromatic nitrogens is 2. The molecule has 1 amide bonds. The molecule has 0 bridgehead atoms. The number of nitrogens with zero attached hydrogens (tertiary/aromatic N) is 1. The van der Waals surface area contributed by atoms with Gasteiger partial charge in [-0.2, -0.15) is 0 Å². The highest BCUT2D eigenvalue weighted by Gasteiger charge is 2.31. The number of rotatable bonds is 6. The Morgan fingerprint density at radius 3 is 2.03 bits per heavy atom. The number of ether oxygens (including phenoxy) is 5. The number of amides is 1. The van der Waals surface area contributed by atoms with E-state index in [0.717, 1.165) is 22.0 Å². The lowest BCUT2D eigenvalue weighted by molar-refractivity contribution is 0.0595. The molecule has 2 aromatic carbocycles. The summed E-state index contributed by atoms with van der Waals surface area (Å²) in [4.78, 5) is 33.7. The highest BCUT2D eigenvalue weighted by molar-refractivity contribution is 6.15. The maximum absolute atomic E-state index is 13.7. The van der Waals surface area contributed by atoms with E-state index >= 15 is 0 Å². The fourth-order valence-electron chi connectivity index (χ4n) is 4.75. The van der Waals surface area contributed by atoms with Crippen LogP contribution in [0.5, 0.6) is 23.0 Å². The molecule has 0 unspecified atom stereocenters. The van der Waals surface area contributed by atoms with Crippen LogP contribution < -0.4 is 23.8 Å². The Bertz CT molecular complexity index is 1490. The van der Waals surface area contributed by atoms with Crippen LogP contribution >= 0.6 is 11.6 Å². The molecule has 0 radical (unpaired) electrons. The third-order valence-corrected chi connectivity index (χ3v) is 6.36. The SMILES string of the molecule is CC.CCl.COC(=O)c1cc2c3c(cc(OC)c2[nH]1)N(C(=O)c1cc2cc(OC)c(OC)c(OC)c2[nH]1)CC3. The van der Waals surface area contributed by atoms with Crippen LogP contribution in [0.1, 0.15) is 40.4 Å². The van der Waals surface area contributed by atoms with Gasteiger partial charge in [0.1, 0.15) is 17.1 Å². The number of hydrogen-bond donors (Lipinski definition) is 2. The van der Waals surface area contributed by atoms with Crippen LogP contribution in [-0.2, 0) is 11.2 Å². The zero-order valence-electron chi connectivity index (χ0n) is 23.4. The van der Waals surface area contributed by atoms with Gasteiger partial charge in [-0.15, -0.1) is 11.6 Å². The number of H-pyrrole nitrogens is 2. The number of methoxy groups -OCH3 is 5.